The topological polar surface area (TPSA) is 55.6 Å². The molecule has 5 nitrogen and oxygen atoms in total. The molecule has 0 fully saturated rings. The second kappa shape index (κ2) is 6.22. The van der Waals surface area contributed by atoms with Gasteiger partial charge in [0.25, 0.3) is 0 Å². The van der Waals surface area contributed by atoms with Gasteiger partial charge in [0.2, 0.25) is 0 Å². The lowest BCUT2D eigenvalue weighted by Crippen LogP contribution is -2.11. The minimum Gasteiger partial charge on any atom is -0.370 e. The molecule has 2 heterocycles. The number of aryl methyl sites for hydroxylation is 1. The van der Waals surface area contributed by atoms with Crippen LogP contribution < -0.4 is 5.32 Å². The Morgan fingerprint density at radius 3 is 2.55 bits per heavy atom. The lowest BCUT2D eigenvalue weighted by Gasteiger charge is -2.13. The van der Waals surface area contributed by atoms with Gasteiger partial charge in [-0.25, -0.2) is 14.6 Å². The van der Waals surface area contributed by atoms with Crippen molar-refractivity contribution in [2.45, 2.75) is 40.5 Å². The number of anilines is 1. The summed E-state index contributed by atoms with van der Waals surface area (Å²) in [5.74, 6) is 1.69. The molecule has 6 heteroatoms. The van der Waals surface area contributed by atoms with E-state index in [9.17, 15) is 0 Å². The minimum atomic E-state index is 0.691. The maximum atomic E-state index is 6.24. The van der Waals surface area contributed by atoms with Gasteiger partial charge in [0.15, 0.2) is 5.82 Å². The first-order chi connectivity index (χ1) is 9.60. The van der Waals surface area contributed by atoms with Crippen LogP contribution in [0.25, 0.3) is 5.82 Å². The SMILES string of the molecule is CCCc1c(NCC)ncnc1-n1nc(C)c(Cl)c1C. The fraction of sp³-hybridized carbons (Fsp3) is 0.500. The number of aromatic nitrogens is 4. The van der Waals surface area contributed by atoms with E-state index in [2.05, 4.69) is 34.2 Å². The predicted octanol–water partition coefficient (Wildman–Crippen LogP) is 3.32. The number of nitrogens with one attached hydrogen (secondary N) is 1. The number of hydrogen-bond acceptors (Lipinski definition) is 4. The van der Waals surface area contributed by atoms with Crippen LogP contribution in [0.3, 0.4) is 0 Å². The third-order valence-electron chi connectivity index (χ3n) is 3.17. The van der Waals surface area contributed by atoms with Crippen molar-refractivity contribution in [2.75, 3.05) is 11.9 Å². The van der Waals surface area contributed by atoms with E-state index in [1.54, 1.807) is 6.33 Å². The molecule has 2 rings (SSSR count). The molecule has 0 amide bonds. The molecule has 0 atom stereocenters. The highest BCUT2D eigenvalue weighted by molar-refractivity contribution is 6.31. The van der Waals surface area contributed by atoms with Crippen LogP contribution >= 0.6 is 11.6 Å². The van der Waals surface area contributed by atoms with Crippen molar-refractivity contribution in [1.29, 1.82) is 0 Å². The van der Waals surface area contributed by atoms with Crippen molar-refractivity contribution >= 4 is 17.4 Å². The quantitative estimate of drug-likeness (QED) is 0.919. The van der Waals surface area contributed by atoms with Gasteiger partial charge in [-0.15, -0.1) is 0 Å². The molecule has 0 saturated heterocycles. The summed E-state index contributed by atoms with van der Waals surface area (Å²) in [6, 6.07) is 0. The molecule has 0 unspecified atom stereocenters. The Kier molecular flexibility index (Phi) is 4.60. The highest BCUT2D eigenvalue weighted by Crippen LogP contribution is 2.26. The van der Waals surface area contributed by atoms with Crippen molar-refractivity contribution in [1.82, 2.24) is 19.7 Å². The largest absolute Gasteiger partial charge is 0.370 e. The first-order valence-electron chi connectivity index (χ1n) is 6.89. The first kappa shape index (κ1) is 14.8. The van der Waals surface area contributed by atoms with Crippen LogP contribution in [-0.4, -0.2) is 26.3 Å². The van der Waals surface area contributed by atoms with Gasteiger partial charge < -0.3 is 5.32 Å². The molecule has 0 radical (unpaired) electrons. The molecular formula is C14H20ClN5. The van der Waals surface area contributed by atoms with Gasteiger partial charge in [-0.05, 0) is 27.2 Å². The summed E-state index contributed by atoms with van der Waals surface area (Å²) in [6.07, 6.45) is 3.48. The number of rotatable bonds is 5. The van der Waals surface area contributed by atoms with Gasteiger partial charge in [-0.3, -0.25) is 0 Å². The zero-order chi connectivity index (χ0) is 14.7. The maximum Gasteiger partial charge on any atom is 0.162 e. The fourth-order valence-electron chi connectivity index (χ4n) is 2.22. The van der Waals surface area contributed by atoms with Crippen LogP contribution in [0.15, 0.2) is 6.33 Å². The van der Waals surface area contributed by atoms with E-state index in [1.165, 1.54) is 0 Å². The number of nitrogens with zero attached hydrogens (tertiary/aromatic N) is 4. The zero-order valence-electron chi connectivity index (χ0n) is 12.4. The van der Waals surface area contributed by atoms with E-state index < -0.39 is 0 Å². The summed E-state index contributed by atoms with van der Waals surface area (Å²) in [7, 11) is 0. The van der Waals surface area contributed by atoms with Gasteiger partial charge in [0, 0.05) is 12.1 Å². The molecule has 2 aromatic heterocycles. The van der Waals surface area contributed by atoms with E-state index in [-0.39, 0.29) is 0 Å². The van der Waals surface area contributed by atoms with Gasteiger partial charge in [0.05, 0.1) is 16.4 Å². The van der Waals surface area contributed by atoms with E-state index in [4.69, 9.17) is 11.6 Å². The maximum absolute atomic E-state index is 6.24. The van der Waals surface area contributed by atoms with Crippen LogP contribution in [0, 0.1) is 13.8 Å². The summed E-state index contributed by atoms with van der Waals surface area (Å²) < 4.78 is 1.81. The molecule has 0 saturated carbocycles. The highest BCUT2D eigenvalue weighted by atomic mass is 35.5. The van der Waals surface area contributed by atoms with Crippen LogP contribution in [0.4, 0.5) is 5.82 Å². The Bertz CT molecular complexity index is 606. The average molecular weight is 294 g/mol. The lowest BCUT2D eigenvalue weighted by molar-refractivity contribution is 0.772. The molecule has 0 aliphatic heterocycles. The second-order valence-corrected chi connectivity index (χ2v) is 5.08. The Labute approximate surface area is 124 Å². The number of halogens is 1. The van der Waals surface area contributed by atoms with Crippen LogP contribution in [0.1, 0.15) is 37.2 Å². The standard InChI is InChI=1S/C14H20ClN5/c1-5-7-11-13(16-6-2)17-8-18-14(11)20-10(4)12(15)9(3)19-20/h8H,5-7H2,1-4H3,(H,16,17,18). The third-order valence-corrected chi connectivity index (χ3v) is 3.72. The van der Waals surface area contributed by atoms with E-state index >= 15 is 0 Å². The Balaban J connectivity index is 2.60. The minimum absolute atomic E-state index is 0.691. The van der Waals surface area contributed by atoms with Crippen molar-refractivity contribution < 1.29 is 0 Å². The second-order valence-electron chi connectivity index (χ2n) is 4.70. The monoisotopic (exact) mass is 293 g/mol. The molecule has 20 heavy (non-hydrogen) atoms. The molecule has 108 valence electrons. The van der Waals surface area contributed by atoms with Crippen molar-refractivity contribution in [3.8, 4) is 5.82 Å². The summed E-state index contributed by atoms with van der Waals surface area (Å²) in [5.41, 5.74) is 2.80. The molecule has 0 bridgehead atoms. The normalized spacial score (nSPS) is 10.8. The summed E-state index contributed by atoms with van der Waals surface area (Å²) in [6.45, 7) is 8.87. The molecule has 1 N–H and O–H groups in total. The molecule has 0 aliphatic rings. The van der Waals surface area contributed by atoms with E-state index in [1.807, 2.05) is 18.5 Å². The van der Waals surface area contributed by atoms with Crippen LogP contribution in [-0.2, 0) is 6.42 Å². The van der Waals surface area contributed by atoms with Crippen molar-refractivity contribution in [3.05, 3.63) is 28.3 Å². The summed E-state index contributed by atoms with van der Waals surface area (Å²) in [4.78, 5) is 8.75. The molecule has 2 aromatic rings. The molecule has 0 aromatic carbocycles. The van der Waals surface area contributed by atoms with Crippen molar-refractivity contribution in [3.63, 3.8) is 0 Å². The molecular weight excluding hydrogens is 274 g/mol. The van der Waals surface area contributed by atoms with Gasteiger partial charge in [-0.2, -0.15) is 5.10 Å². The van der Waals surface area contributed by atoms with Gasteiger partial charge >= 0.3 is 0 Å². The predicted molar refractivity (Wildman–Crippen MR) is 81.8 cm³/mol. The third kappa shape index (κ3) is 2.63. The first-order valence-corrected chi connectivity index (χ1v) is 7.27. The van der Waals surface area contributed by atoms with Crippen LogP contribution in [0.2, 0.25) is 5.02 Å². The zero-order valence-corrected chi connectivity index (χ0v) is 13.1. The van der Waals surface area contributed by atoms with Crippen LogP contribution in [0.5, 0.6) is 0 Å². The lowest BCUT2D eigenvalue weighted by atomic mass is 10.1. The van der Waals surface area contributed by atoms with Gasteiger partial charge in [-0.1, -0.05) is 24.9 Å². The molecule has 0 spiro atoms. The molecule has 0 aliphatic carbocycles. The number of hydrogen-bond donors (Lipinski definition) is 1. The Morgan fingerprint density at radius 2 is 2.00 bits per heavy atom. The summed E-state index contributed by atoms with van der Waals surface area (Å²) >= 11 is 6.24. The Morgan fingerprint density at radius 1 is 1.25 bits per heavy atom. The highest BCUT2D eigenvalue weighted by Gasteiger charge is 2.17. The fourth-order valence-corrected chi connectivity index (χ4v) is 2.33. The van der Waals surface area contributed by atoms with Gasteiger partial charge in [0.1, 0.15) is 12.1 Å². The van der Waals surface area contributed by atoms with Crippen molar-refractivity contribution in [2.24, 2.45) is 0 Å². The summed E-state index contributed by atoms with van der Waals surface area (Å²) in [5, 5.41) is 8.47. The van der Waals surface area contributed by atoms with E-state index in [0.717, 1.165) is 48.0 Å². The smallest absolute Gasteiger partial charge is 0.162 e. The average Bonchev–Trinajstić information content (AvgIpc) is 2.69. The van der Waals surface area contributed by atoms with E-state index in [0.29, 0.717) is 5.02 Å². The Hall–Kier alpha value is -1.62.